The Morgan fingerprint density at radius 1 is 1.17 bits per heavy atom. The van der Waals surface area contributed by atoms with Crippen LogP contribution in [0.1, 0.15) is 60.4 Å². The van der Waals surface area contributed by atoms with Gasteiger partial charge in [-0.25, -0.2) is 9.79 Å². The van der Waals surface area contributed by atoms with E-state index in [0.717, 1.165) is 87.0 Å². The van der Waals surface area contributed by atoms with Crippen molar-refractivity contribution >= 4 is 22.6 Å². The highest BCUT2D eigenvalue weighted by Crippen LogP contribution is 2.32. The van der Waals surface area contributed by atoms with Crippen LogP contribution in [0.25, 0.3) is 0 Å². The number of aliphatic imine (C=N–C) groups is 1. The third kappa shape index (κ3) is 5.45. The number of esters is 1. The monoisotopic (exact) mass is 495 g/mol. The van der Waals surface area contributed by atoms with E-state index in [1.807, 2.05) is 24.3 Å². The number of methoxy groups -OCH3 is 1. The van der Waals surface area contributed by atoms with Crippen LogP contribution in [-0.4, -0.2) is 66.1 Å². The van der Waals surface area contributed by atoms with Gasteiger partial charge in [-0.3, -0.25) is 4.21 Å². The van der Waals surface area contributed by atoms with E-state index >= 15 is 0 Å². The largest absolute Gasteiger partial charge is 0.465 e. The summed E-state index contributed by atoms with van der Waals surface area (Å²) in [6, 6.07) is 8.08. The molecule has 0 bridgehead atoms. The highest BCUT2D eigenvalue weighted by atomic mass is 32.2. The Balaban J connectivity index is 1.32. The van der Waals surface area contributed by atoms with Crippen molar-refractivity contribution in [3.05, 3.63) is 63.5 Å². The molecule has 3 fully saturated rings. The first-order chi connectivity index (χ1) is 17.1. The van der Waals surface area contributed by atoms with E-state index in [1.165, 1.54) is 12.7 Å². The van der Waals surface area contributed by atoms with Crippen molar-refractivity contribution in [3.63, 3.8) is 0 Å². The summed E-state index contributed by atoms with van der Waals surface area (Å²) in [5.41, 5.74) is 6.31. The minimum absolute atomic E-state index is 0.289. The summed E-state index contributed by atoms with van der Waals surface area (Å²) in [6.45, 7) is 3.32. The van der Waals surface area contributed by atoms with Gasteiger partial charge in [0.25, 0.3) is 0 Å². The molecular formula is C27H33N3O4S. The number of rotatable bonds is 4. The summed E-state index contributed by atoms with van der Waals surface area (Å²) < 4.78 is 23.2. The zero-order valence-corrected chi connectivity index (χ0v) is 21.1. The molecule has 35 heavy (non-hydrogen) atoms. The molecule has 1 unspecified atom stereocenters. The van der Waals surface area contributed by atoms with Crippen molar-refractivity contribution < 1.29 is 18.5 Å². The van der Waals surface area contributed by atoms with E-state index in [1.54, 1.807) is 0 Å². The van der Waals surface area contributed by atoms with Gasteiger partial charge < -0.3 is 19.7 Å². The van der Waals surface area contributed by atoms with Gasteiger partial charge in [-0.1, -0.05) is 12.1 Å². The van der Waals surface area contributed by atoms with Crippen LogP contribution in [0.5, 0.6) is 0 Å². The molecule has 1 aromatic rings. The summed E-state index contributed by atoms with van der Waals surface area (Å²) in [5.74, 6) is 2.59. The number of carbonyl (C=O) groups is 1. The summed E-state index contributed by atoms with van der Waals surface area (Å²) in [5, 5.41) is 3.63. The Labute approximate surface area is 209 Å². The van der Waals surface area contributed by atoms with E-state index in [9.17, 15) is 9.00 Å². The second-order valence-electron chi connectivity index (χ2n) is 9.44. The van der Waals surface area contributed by atoms with Crippen molar-refractivity contribution in [3.8, 4) is 0 Å². The van der Waals surface area contributed by atoms with Crippen LogP contribution in [0, 0.1) is 0 Å². The number of nitrogens with one attached hydrogen (secondary N) is 1. The normalized spacial score (nSPS) is 23.8. The number of nitrogens with zero attached hydrogens (tertiary/aromatic N) is 2. The molecule has 0 aromatic heterocycles. The molecule has 186 valence electrons. The molecule has 4 aliphatic heterocycles. The molecule has 4 aliphatic rings. The summed E-state index contributed by atoms with van der Waals surface area (Å²) in [4.78, 5) is 20.1. The maximum absolute atomic E-state index is 12.9. The molecule has 3 saturated heterocycles. The highest BCUT2D eigenvalue weighted by Gasteiger charge is 2.30. The smallest absolute Gasteiger partial charge is 0.337 e. The summed E-state index contributed by atoms with van der Waals surface area (Å²) >= 11 is 0. The van der Waals surface area contributed by atoms with Gasteiger partial charge >= 0.3 is 5.97 Å². The van der Waals surface area contributed by atoms with Gasteiger partial charge in [-0.2, -0.15) is 0 Å². The number of fused-ring (bicyclic) bond motifs is 1. The van der Waals surface area contributed by atoms with Gasteiger partial charge in [0.2, 0.25) is 0 Å². The molecule has 0 radical (unpaired) electrons. The fraction of sp³-hybridized carbons (Fsp3) is 0.519. The van der Waals surface area contributed by atoms with Crippen molar-refractivity contribution in [1.29, 1.82) is 0 Å². The number of piperidine rings is 1. The molecule has 7 nitrogen and oxygen atoms in total. The zero-order chi connectivity index (χ0) is 24.2. The molecule has 0 amide bonds. The third-order valence-electron chi connectivity index (χ3n) is 7.28. The number of carbonyl (C=O) groups excluding carboxylic acids is 1. The Bertz CT molecular complexity index is 1100. The number of hydrogen-bond donors (Lipinski definition) is 1. The van der Waals surface area contributed by atoms with Crippen molar-refractivity contribution in [2.45, 2.75) is 50.5 Å². The van der Waals surface area contributed by atoms with Crippen LogP contribution in [0.3, 0.4) is 0 Å². The lowest BCUT2D eigenvalue weighted by Crippen LogP contribution is -2.39. The van der Waals surface area contributed by atoms with Gasteiger partial charge in [0.05, 0.1) is 28.4 Å². The number of amidine groups is 1. The molecule has 5 rings (SSSR count). The van der Waals surface area contributed by atoms with Crippen LogP contribution in [-0.2, 0) is 20.3 Å². The van der Waals surface area contributed by atoms with E-state index in [0.29, 0.717) is 17.2 Å². The number of hydrogen-bond acceptors (Lipinski definition) is 7. The number of ether oxygens (including phenoxy) is 2. The van der Waals surface area contributed by atoms with Crippen LogP contribution in [0.4, 0.5) is 0 Å². The number of benzene rings is 1. The minimum atomic E-state index is -1.04. The highest BCUT2D eigenvalue weighted by molar-refractivity contribution is 7.89. The lowest BCUT2D eigenvalue weighted by molar-refractivity contribution is 0.0600. The van der Waals surface area contributed by atoms with E-state index < -0.39 is 10.8 Å². The fourth-order valence-electron chi connectivity index (χ4n) is 5.24. The molecular weight excluding hydrogens is 462 g/mol. The van der Waals surface area contributed by atoms with Gasteiger partial charge in [-0.15, -0.1) is 5.73 Å². The van der Waals surface area contributed by atoms with Crippen LogP contribution in [0.15, 0.2) is 57.4 Å². The van der Waals surface area contributed by atoms with Crippen molar-refractivity contribution in [2.75, 3.05) is 39.2 Å². The third-order valence-corrected chi connectivity index (χ3v) is 8.75. The molecule has 8 heteroatoms. The molecule has 0 spiro atoms. The van der Waals surface area contributed by atoms with E-state index in [2.05, 4.69) is 22.0 Å². The van der Waals surface area contributed by atoms with Gasteiger partial charge in [0.15, 0.2) is 0 Å². The predicted octanol–water partition coefficient (Wildman–Crippen LogP) is 3.63. The Morgan fingerprint density at radius 2 is 1.91 bits per heavy atom. The number of likely N-dealkylation sites (tertiary alicyclic amines) is 1. The fourth-order valence-corrected chi connectivity index (χ4v) is 6.59. The van der Waals surface area contributed by atoms with Crippen LogP contribution >= 0.6 is 0 Å². The first-order valence-corrected chi connectivity index (χ1v) is 13.9. The van der Waals surface area contributed by atoms with Crippen LogP contribution in [0.2, 0.25) is 0 Å². The quantitative estimate of drug-likeness (QED) is 0.508. The predicted molar refractivity (Wildman–Crippen MR) is 137 cm³/mol. The average molecular weight is 496 g/mol. The topological polar surface area (TPSA) is 80.2 Å². The SMILES string of the molecule is COC(=O)c1ccc(C2CCN(C3=NC(NC4CCOCC4)=C4C(=C=CC3)CCS4=O)CC2)cc1. The molecule has 0 saturated carbocycles. The standard InChI is InChI=1S/C27H33N3O4S/c1-33-27(31)22-7-5-19(6-8-22)20-9-14-30(15-10-20)24-4-2-3-21-13-18-35(32)25(21)26(29-24)28-23-11-16-34-17-12-23/h2,5-8,20,23,28H,4,9-18H2,1H3. The van der Waals surface area contributed by atoms with Crippen molar-refractivity contribution in [2.24, 2.45) is 4.99 Å². The second-order valence-corrected chi connectivity index (χ2v) is 10.9. The molecule has 1 N–H and O–H groups in total. The Morgan fingerprint density at radius 3 is 2.63 bits per heavy atom. The second kappa shape index (κ2) is 10.9. The van der Waals surface area contributed by atoms with E-state index in [4.69, 9.17) is 14.5 Å². The molecule has 1 aromatic carbocycles. The maximum Gasteiger partial charge on any atom is 0.337 e. The molecule has 4 heterocycles. The van der Waals surface area contributed by atoms with Crippen molar-refractivity contribution in [1.82, 2.24) is 10.2 Å². The Kier molecular flexibility index (Phi) is 7.51. The zero-order valence-electron chi connectivity index (χ0n) is 20.3. The maximum atomic E-state index is 12.9. The van der Waals surface area contributed by atoms with Gasteiger partial charge in [-0.05, 0) is 61.8 Å². The first-order valence-electron chi connectivity index (χ1n) is 12.5. The first kappa shape index (κ1) is 24.0. The average Bonchev–Trinajstić information content (AvgIpc) is 3.25. The van der Waals surface area contributed by atoms with E-state index in [-0.39, 0.29) is 12.0 Å². The lowest BCUT2D eigenvalue weighted by Gasteiger charge is -2.35. The lowest BCUT2D eigenvalue weighted by atomic mass is 9.89. The minimum Gasteiger partial charge on any atom is -0.465 e. The summed E-state index contributed by atoms with van der Waals surface area (Å²) in [6.07, 6.45) is 7.48. The van der Waals surface area contributed by atoms with Gasteiger partial charge in [0.1, 0.15) is 11.7 Å². The van der Waals surface area contributed by atoms with Crippen LogP contribution < -0.4 is 5.32 Å². The molecule has 0 aliphatic carbocycles. The molecule has 1 atom stereocenters. The summed E-state index contributed by atoms with van der Waals surface area (Å²) in [7, 11) is 0.362. The number of allylic oxidation sites excluding steroid dienone is 1. The van der Waals surface area contributed by atoms with Gasteiger partial charge in [0, 0.05) is 50.1 Å². The Hall–Kier alpha value is -2.67.